The third kappa shape index (κ3) is 4.54. The molecule has 0 aromatic heterocycles. The van der Waals surface area contributed by atoms with Gasteiger partial charge in [0, 0.05) is 16.9 Å². The molecule has 19 heavy (non-hydrogen) atoms. The molecule has 0 saturated carbocycles. The number of nitrogens with one attached hydrogen (secondary N) is 1. The molecule has 1 amide bonds. The van der Waals surface area contributed by atoms with E-state index in [9.17, 15) is 13.6 Å². The van der Waals surface area contributed by atoms with Crippen LogP contribution in [0, 0.1) is 17.0 Å². The molecule has 1 rings (SSSR count). The minimum atomic E-state index is -0.829. The summed E-state index contributed by atoms with van der Waals surface area (Å²) in [4.78, 5) is 11.7. The van der Waals surface area contributed by atoms with Gasteiger partial charge in [0.15, 0.2) is 11.6 Å². The molecule has 1 atom stereocenters. The lowest BCUT2D eigenvalue weighted by Crippen LogP contribution is -2.38. The first-order chi connectivity index (χ1) is 8.61. The van der Waals surface area contributed by atoms with E-state index >= 15 is 0 Å². The van der Waals surface area contributed by atoms with Gasteiger partial charge in [-0.2, -0.15) is 0 Å². The van der Waals surface area contributed by atoms with Crippen molar-refractivity contribution in [3.05, 3.63) is 28.2 Å². The number of benzene rings is 1. The van der Waals surface area contributed by atoms with Gasteiger partial charge in [0.1, 0.15) is 5.69 Å². The molecule has 3 nitrogen and oxygen atoms in total. The molecule has 0 aliphatic heterocycles. The highest BCUT2D eigenvalue weighted by molar-refractivity contribution is 9.10. The van der Waals surface area contributed by atoms with E-state index in [1.807, 2.05) is 20.8 Å². The van der Waals surface area contributed by atoms with E-state index in [0.29, 0.717) is 0 Å². The van der Waals surface area contributed by atoms with E-state index in [4.69, 9.17) is 5.73 Å². The Morgan fingerprint density at radius 2 is 1.84 bits per heavy atom. The molecule has 6 heteroatoms. The summed E-state index contributed by atoms with van der Waals surface area (Å²) in [6.45, 7) is 5.68. The summed E-state index contributed by atoms with van der Waals surface area (Å²) < 4.78 is 27.3. The minimum Gasteiger partial charge on any atom is -0.327 e. The maximum Gasteiger partial charge on any atom is 0.226 e. The highest BCUT2D eigenvalue weighted by Crippen LogP contribution is 2.25. The summed E-state index contributed by atoms with van der Waals surface area (Å²) in [5.74, 6) is -2.17. The molecule has 1 unspecified atom stereocenters. The monoisotopic (exact) mass is 334 g/mol. The van der Waals surface area contributed by atoms with E-state index in [0.717, 1.165) is 12.1 Å². The zero-order valence-electron chi connectivity index (χ0n) is 11.1. The van der Waals surface area contributed by atoms with Crippen molar-refractivity contribution in [1.29, 1.82) is 0 Å². The van der Waals surface area contributed by atoms with Gasteiger partial charge < -0.3 is 11.1 Å². The van der Waals surface area contributed by atoms with Crippen LogP contribution in [0.4, 0.5) is 14.5 Å². The van der Waals surface area contributed by atoms with Crippen LogP contribution in [0.15, 0.2) is 16.6 Å². The zero-order valence-corrected chi connectivity index (χ0v) is 12.6. The van der Waals surface area contributed by atoms with Crippen LogP contribution in [0.1, 0.15) is 27.2 Å². The highest BCUT2D eigenvalue weighted by Gasteiger charge is 2.24. The van der Waals surface area contributed by atoms with Crippen molar-refractivity contribution in [1.82, 2.24) is 0 Å². The molecule has 0 bridgehead atoms. The van der Waals surface area contributed by atoms with Gasteiger partial charge in [-0.15, -0.1) is 0 Å². The number of hydrogen-bond acceptors (Lipinski definition) is 2. The van der Waals surface area contributed by atoms with Crippen molar-refractivity contribution < 1.29 is 13.6 Å². The van der Waals surface area contributed by atoms with Gasteiger partial charge in [-0.05, 0) is 17.5 Å². The predicted octanol–water partition coefficient (Wildman–Crippen LogP) is 3.43. The van der Waals surface area contributed by atoms with Crippen LogP contribution in [-0.4, -0.2) is 11.9 Å². The lowest BCUT2D eigenvalue weighted by atomic mass is 9.85. The molecule has 0 aliphatic rings. The Kier molecular flexibility index (Phi) is 5.04. The average Bonchev–Trinajstić information content (AvgIpc) is 2.21. The van der Waals surface area contributed by atoms with E-state index < -0.39 is 29.3 Å². The standard InChI is InChI=1S/C13H17BrF2N2O/c1-13(2,3)10(17)6-11(19)18-12-8(15)4-7(14)5-9(12)16/h4-5,10H,6,17H2,1-3H3,(H,18,19). The number of nitrogens with two attached hydrogens (primary N) is 1. The average molecular weight is 335 g/mol. The Morgan fingerprint density at radius 3 is 2.26 bits per heavy atom. The molecule has 0 fully saturated rings. The molecule has 0 heterocycles. The topological polar surface area (TPSA) is 55.1 Å². The molecule has 0 spiro atoms. The van der Waals surface area contributed by atoms with Crippen LogP contribution in [0.2, 0.25) is 0 Å². The van der Waals surface area contributed by atoms with Crippen LogP contribution in [-0.2, 0) is 4.79 Å². The van der Waals surface area contributed by atoms with Crippen molar-refractivity contribution in [2.75, 3.05) is 5.32 Å². The molecule has 106 valence electrons. The largest absolute Gasteiger partial charge is 0.327 e. The van der Waals surface area contributed by atoms with E-state index in [1.165, 1.54) is 0 Å². The normalized spacial score (nSPS) is 13.2. The van der Waals surface area contributed by atoms with Gasteiger partial charge in [0.2, 0.25) is 5.91 Å². The van der Waals surface area contributed by atoms with Crippen molar-refractivity contribution in [2.45, 2.75) is 33.2 Å². The number of carbonyl (C=O) groups is 1. The van der Waals surface area contributed by atoms with Gasteiger partial charge in [-0.3, -0.25) is 4.79 Å². The number of amides is 1. The van der Waals surface area contributed by atoms with Gasteiger partial charge in [-0.1, -0.05) is 36.7 Å². The molecule has 3 N–H and O–H groups in total. The van der Waals surface area contributed by atoms with E-state index in [1.54, 1.807) is 0 Å². The third-order valence-electron chi connectivity index (χ3n) is 2.79. The second-order valence-electron chi connectivity index (χ2n) is 5.47. The van der Waals surface area contributed by atoms with E-state index in [2.05, 4.69) is 21.2 Å². The summed E-state index contributed by atoms with van der Waals surface area (Å²) >= 11 is 2.97. The van der Waals surface area contributed by atoms with Crippen molar-refractivity contribution in [3.63, 3.8) is 0 Å². The van der Waals surface area contributed by atoms with Crippen molar-refractivity contribution in [2.24, 2.45) is 11.1 Å². The number of rotatable bonds is 3. The maximum absolute atomic E-state index is 13.5. The Balaban J connectivity index is 2.79. The summed E-state index contributed by atoms with van der Waals surface area (Å²) in [5.41, 5.74) is 5.14. The highest BCUT2D eigenvalue weighted by atomic mass is 79.9. The van der Waals surface area contributed by atoms with Crippen LogP contribution >= 0.6 is 15.9 Å². The Labute approximate surface area is 119 Å². The first-order valence-electron chi connectivity index (χ1n) is 5.81. The third-order valence-corrected chi connectivity index (χ3v) is 3.25. The fourth-order valence-electron chi connectivity index (χ4n) is 1.36. The summed E-state index contributed by atoms with van der Waals surface area (Å²) in [6, 6.07) is 1.78. The molecular formula is C13H17BrF2N2O. The summed E-state index contributed by atoms with van der Waals surface area (Å²) in [5, 5.41) is 2.22. The SMILES string of the molecule is CC(C)(C)C(N)CC(=O)Nc1c(F)cc(Br)cc1F. The first-order valence-corrected chi connectivity index (χ1v) is 6.60. The van der Waals surface area contributed by atoms with E-state index in [-0.39, 0.29) is 16.3 Å². The number of halogens is 3. The van der Waals surface area contributed by atoms with Gasteiger partial charge >= 0.3 is 0 Å². The molecule has 0 radical (unpaired) electrons. The number of hydrogen-bond donors (Lipinski definition) is 2. The molecule has 0 saturated heterocycles. The van der Waals surface area contributed by atoms with Crippen molar-refractivity contribution in [3.8, 4) is 0 Å². The van der Waals surface area contributed by atoms with Gasteiger partial charge in [0.05, 0.1) is 0 Å². The van der Waals surface area contributed by atoms with Gasteiger partial charge in [-0.25, -0.2) is 8.78 Å². The second kappa shape index (κ2) is 5.96. The predicted molar refractivity (Wildman–Crippen MR) is 74.7 cm³/mol. The quantitative estimate of drug-likeness (QED) is 0.889. The van der Waals surface area contributed by atoms with Crippen LogP contribution in [0.25, 0.3) is 0 Å². The fraction of sp³-hybridized carbons (Fsp3) is 0.462. The molecule has 1 aromatic carbocycles. The maximum atomic E-state index is 13.5. The molecule has 1 aromatic rings. The smallest absolute Gasteiger partial charge is 0.226 e. The Hall–Kier alpha value is -1.01. The molecule has 0 aliphatic carbocycles. The van der Waals surface area contributed by atoms with Crippen LogP contribution < -0.4 is 11.1 Å². The Morgan fingerprint density at radius 1 is 1.37 bits per heavy atom. The fourth-order valence-corrected chi connectivity index (χ4v) is 1.76. The number of carbonyl (C=O) groups excluding carboxylic acids is 1. The van der Waals surface area contributed by atoms with Crippen molar-refractivity contribution >= 4 is 27.5 Å². The minimum absolute atomic E-state index is 0.00154. The zero-order chi connectivity index (χ0) is 14.8. The number of anilines is 1. The lowest BCUT2D eigenvalue weighted by molar-refractivity contribution is -0.117. The van der Waals surface area contributed by atoms with Gasteiger partial charge in [0.25, 0.3) is 0 Å². The molecular weight excluding hydrogens is 318 g/mol. The summed E-state index contributed by atoms with van der Waals surface area (Å²) in [6.07, 6.45) is -0.00154. The lowest BCUT2D eigenvalue weighted by Gasteiger charge is -2.26. The Bertz CT molecular complexity index is 463. The summed E-state index contributed by atoms with van der Waals surface area (Å²) in [7, 11) is 0. The first kappa shape index (κ1) is 16.0. The second-order valence-corrected chi connectivity index (χ2v) is 6.38. The van der Waals surface area contributed by atoms with Crippen LogP contribution in [0.5, 0.6) is 0 Å². The van der Waals surface area contributed by atoms with Crippen LogP contribution in [0.3, 0.4) is 0 Å².